The number of carbonyl (C=O) groups is 2. The number of likely N-dealkylation sites (tertiary alicyclic amines) is 1. The molecule has 0 spiro atoms. The van der Waals surface area contributed by atoms with Crippen molar-refractivity contribution in [2.45, 2.75) is 97.9 Å². The molecule has 6 rings (SSSR count). The molecule has 0 bridgehead atoms. The van der Waals surface area contributed by atoms with Crippen molar-refractivity contribution < 1.29 is 19.1 Å². The van der Waals surface area contributed by atoms with E-state index in [1.807, 2.05) is 59.6 Å². The van der Waals surface area contributed by atoms with E-state index in [-0.39, 0.29) is 18.2 Å². The van der Waals surface area contributed by atoms with Gasteiger partial charge >= 0.3 is 12.2 Å². The van der Waals surface area contributed by atoms with Gasteiger partial charge in [0.25, 0.3) is 0 Å². The van der Waals surface area contributed by atoms with Gasteiger partial charge in [0.2, 0.25) is 0 Å². The van der Waals surface area contributed by atoms with E-state index in [4.69, 9.17) is 24.4 Å². The molecule has 1 aliphatic heterocycles. The van der Waals surface area contributed by atoms with E-state index in [0.29, 0.717) is 6.54 Å². The molecule has 0 saturated carbocycles. The minimum Gasteiger partial charge on any atom is -0.444 e. The predicted molar refractivity (Wildman–Crippen MR) is 183 cm³/mol. The van der Waals surface area contributed by atoms with Crippen molar-refractivity contribution in [1.29, 1.82) is 0 Å². The second-order valence-corrected chi connectivity index (χ2v) is 15.9. The number of allylic oxidation sites excluding steroid dienone is 1. The van der Waals surface area contributed by atoms with Crippen LogP contribution in [0.1, 0.15) is 78.1 Å². The van der Waals surface area contributed by atoms with E-state index in [1.54, 1.807) is 28.9 Å². The Morgan fingerprint density at radius 1 is 1.00 bits per heavy atom. The zero-order valence-electron chi connectivity index (χ0n) is 27.9. The average molecular weight is 664 g/mol. The Hall–Kier alpha value is -3.84. The van der Waals surface area contributed by atoms with E-state index in [0.717, 1.165) is 72.7 Å². The second kappa shape index (κ2) is 11.8. The van der Waals surface area contributed by atoms with Gasteiger partial charge in [-0.1, -0.05) is 34.8 Å². The number of ether oxygens (including phenoxy) is 2. The van der Waals surface area contributed by atoms with E-state index in [1.165, 1.54) is 4.68 Å². The maximum Gasteiger partial charge on any atom is 0.435 e. The molecule has 1 fully saturated rings. The number of aryl methyl sites for hydroxylation is 1. The largest absolute Gasteiger partial charge is 0.444 e. The first-order chi connectivity index (χ1) is 21.6. The molecular formula is C33H41N7O4S2. The summed E-state index contributed by atoms with van der Waals surface area (Å²) < 4.78 is 12.4. The monoisotopic (exact) mass is 663 g/mol. The van der Waals surface area contributed by atoms with Crippen molar-refractivity contribution in [3.05, 3.63) is 35.3 Å². The number of piperidine rings is 1. The summed E-state index contributed by atoms with van der Waals surface area (Å²) >= 11 is 3.14. The first-order valence-electron chi connectivity index (χ1n) is 15.6. The number of pyridine rings is 1. The quantitative estimate of drug-likeness (QED) is 0.218. The van der Waals surface area contributed by atoms with Crippen LogP contribution in [0.25, 0.3) is 37.6 Å². The smallest absolute Gasteiger partial charge is 0.435 e. The number of anilines is 1. The van der Waals surface area contributed by atoms with Gasteiger partial charge in [-0.25, -0.2) is 19.6 Å². The lowest BCUT2D eigenvalue weighted by molar-refractivity contribution is 0.0104. The summed E-state index contributed by atoms with van der Waals surface area (Å²) in [5, 5.41) is 6.20. The first-order valence-corrected chi connectivity index (χ1v) is 17.2. The Bertz CT molecular complexity index is 1810. The molecule has 244 valence electrons. The molecular weight excluding hydrogens is 623 g/mol. The van der Waals surface area contributed by atoms with Crippen molar-refractivity contribution in [3.63, 3.8) is 0 Å². The Labute approximate surface area is 277 Å². The number of rotatable bonds is 4. The van der Waals surface area contributed by atoms with Crippen molar-refractivity contribution in [2.24, 2.45) is 0 Å². The standard InChI is InChI=1S/C33H41N7O4S2/c1-18-15-20(13-14-39(18)30(41)43-32(3,4)5)38(9)29-36-28-27(46-29)35-26(45-28)25-22-12-10-11-21(22)23(16-34-25)24-17-40(37-19(24)2)31(42)44-33(6,7)8/h10-11,16-18,20H,12-15H2,1-9H3/t18-,20+/m0/s1. The van der Waals surface area contributed by atoms with Gasteiger partial charge in [0, 0.05) is 49.2 Å². The summed E-state index contributed by atoms with van der Waals surface area (Å²) in [5.74, 6) is 0. The van der Waals surface area contributed by atoms with Crippen LogP contribution >= 0.6 is 22.7 Å². The Morgan fingerprint density at radius 3 is 2.37 bits per heavy atom. The van der Waals surface area contributed by atoms with Crippen LogP contribution in [0.3, 0.4) is 0 Å². The van der Waals surface area contributed by atoms with Crippen LogP contribution < -0.4 is 4.90 Å². The zero-order chi connectivity index (χ0) is 33.1. The number of fused-ring (bicyclic) bond motifs is 2. The summed E-state index contributed by atoms with van der Waals surface area (Å²) in [6.07, 6.45) is 9.47. The Balaban J connectivity index is 1.20. The highest BCUT2D eigenvalue weighted by atomic mass is 32.1. The first kappa shape index (κ1) is 32.1. The summed E-state index contributed by atoms with van der Waals surface area (Å²) in [4.78, 5) is 46.0. The van der Waals surface area contributed by atoms with E-state index in [9.17, 15) is 9.59 Å². The molecule has 1 aliphatic carbocycles. The van der Waals surface area contributed by atoms with Gasteiger partial charge < -0.3 is 19.3 Å². The highest BCUT2D eigenvalue weighted by Gasteiger charge is 2.34. The molecule has 4 aromatic heterocycles. The van der Waals surface area contributed by atoms with Gasteiger partial charge in [0.05, 0.1) is 5.69 Å². The Morgan fingerprint density at radius 2 is 1.70 bits per heavy atom. The molecule has 2 atom stereocenters. The summed E-state index contributed by atoms with van der Waals surface area (Å²) in [6.45, 7) is 15.8. The molecule has 0 radical (unpaired) electrons. The van der Waals surface area contributed by atoms with Crippen LogP contribution in [0.4, 0.5) is 14.7 Å². The molecule has 4 aromatic rings. The number of nitrogens with zero attached hydrogens (tertiary/aromatic N) is 7. The van der Waals surface area contributed by atoms with Gasteiger partial charge in [-0.3, -0.25) is 4.98 Å². The number of thiazole rings is 2. The van der Waals surface area contributed by atoms with Crippen molar-refractivity contribution in [2.75, 3.05) is 18.5 Å². The minimum atomic E-state index is -0.615. The highest BCUT2D eigenvalue weighted by Crippen LogP contribution is 2.41. The molecule has 46 heavy (non-hydrogen) atoms. The van der Waals surface area contributed by atoms with E-state index >= 15 is 0 Å². The SMILES string of the molecule is Cc1nn(C(=O)OC(C)(C)C)cc1-c1cnc(-c2nc3sc(N(C)[C@@H]4CCN(C(=O)OC(C)(C)C)[C@@H](C)C4)nc3s2)c2c1C=CC2. The lowest BCUT2D eigenvalue weighted by Crippen LogP contribution is -2.51. The fourth-order valence-electron chi connectivity index (χ4n) is 5.91. The summed E-state index contributed by atoms with van der Waals surface area (Å²) in [7, 11) is 2.08. The normalized spacial score (nSPS) is 18.2. The summed E-state index contributed by atoms with van der Waals surface area (Å²) in [6, 6.07) is 0.335. The third-order valence-electron chi connectivity index (χ3n) is 8.09. The predicted octanol–water partition coefficient (Wildman–Crippen LogP) is 7.56. The van der Waals surface area contributed by atoms with Crippen molar-refractivity contribution in [3.8, 4) is 21.8 Å². The molecule has 2 aliphatic rings. The van der Waals surface area contributed by atoms with Crippen molar-refractivity contribution in [1.82, 2.24) is 29.6 Å². The minimum absolute atomic E-state index is 0.0713. The van der Waals surface area contributed by atoms with Gasteiger partial charge in [-0.2, -0.15) is 9.78 Å². The van der Waals surface area contributed by atoms with Crippen LogP contribution in [-0.4, -0.2) is 78.7 Å². The number of hydrogen-bond acceptors (Lipinski definition) is 11. The van der Waals surface area contributed by atoms with Crippen LogP contribution in [0.5, 0.6) is 0 Å². The van der Waals surface area contributed by atoms with Crippen molar-refractivity contribution >= 4 is 55.7 Å². The van der Waals surface area contributed by atoms with Crippen LogP contribution in [0.15, 0.2) is 18.5 Å². The number of amides is 1. The fourth-order valence-corrected chi connectivity index (χ4v) is 8.01. The lowest BCUT2D eigenvalue weighted by Gasteiger charge is -2.41. The fraction of sp³-hybridized carbons (Fsp3) is 0.515. The van der Waals surface area contributed by atoms with E-state index in [2.05, 4.69) is 36.1 Å². The van der Waals surface area contributed by atoms with Crippen LogP contribution in [0, 0.1) is 6.92 Å². The molecule has 11 nitrogen and oxygen atoms in total. The maximum atomic E-state index is 12.7. The molecule has 1 saturated heterocycles. The lowest BCUT2D eigenvalue weighted by atomic mass is 9.98. The number of hydrogen-bond donors (Lipinski definition) is 0. The number of aromatic nitrogens is 5. The highest BCUT2D eigenvalue weighted by molar-refractivity contribution is 7.29. The molecule has 1 amide bonds. The number of carbonyl (C=O) groups excluding carboxylic acids is 2. The second-order valence-electron chi connectivity index (χ2n) is 14.0. The Kier molecular flexibility index (Phi) is 8.20. The van der Waals surface area contributed by atoms with E-state index < -0.39 is 17.3 Å². The third kappa shape index (κ3) is 6.39. The van der Waals surface area contributed by atoms with Gasteiger partial charge in [0.1, 0.15) is 21.9 Å². The van der Waals surface area contributed by atoms with Gasteiger partial charge in [0.15, 0.2) is 14.8 Å². The topological polar surface area (TPSA) is 116 Å². The molecule has 5 heterocycles. The zero-order valence-corrected chi connectivity index (χ0v) is 29.5. The average Bonchev–Trinajstić information content (AvgIpc) is 3.73. The molecule has 0 aromatic carbocycles. The molecule has 0 unspecified atom stereocenters. The third-order valence-corrected chi connectivity index (χ3v) is 10.2. The van der Waals surface area contributed by atoms with Crippen LogP contribution in [0.2, 0.25) is 0 Å². The van der Waals surface area contributed by atoms with Crippen LogP contribution in [-0.2, 0) is 15.9 Å². The molecule has 13 heteroatoms. The van der Waals surface area contributed by atoms with Gasteiger partial charge in [-0.15, -0.1) is 0 Å². The summed E-state index contributed by atoms with van der Waals surface area (Å²) in [5.41, 5.74) is 4.39. The van der Waals surface area contributed by atoms with Gasteiger partial charge in [-0.05, 0) is 85.8 Å². The molecule has 0 N–H and O–H groups in total. The maximum absolute atomic E-state index is 12.7.